The summed E-state index contributed by atoms with van der Waals surface area (Å²) in [5.74, 6) is -0.194. The number of nitrogens with one attached hydrogen (secondary N) is 1. The predicted octanol–water partition coefficient (Wildman–Crippen LogP) is 1.39. The largest absolute Gasteiger partial charge is 0.327 e. The summed E-state index contributed by atoms with van der Waals surface area (Å²) in [5, 5.41) is 7.53. The molecule has 3 rings (SSSR count). The summed E-state index contributed by atoms with van der Waals surface area (Å²) in [4.78, 5) is 18.0. The molecule has 0 radical (unpaired) electrons. The zero-order chi connectivity index (χ0) is 15.0. The van der Waals surface area contributed by atoms with Crippen LogP contribution < -0.4 is 10.2 Å². The molecule has 1 amide bonds. The van der Waals surface area contributed by atoms with Crippen LogP contribution >= 0.6 is 12.2 Å². The van der Waals surface area contributed by atoms with Gasteiger partial charge in [-0.25, -0.2) is 4.90 Å². The maximum atomic E-state index is 12.5. The lowest BCUT2D eigenvalue weighted by Gasteiger charge is -2.11. The quantitative estimate of drug-likeness (QED) is 0.670. The number of carbonyl (C=O) groups is 1. The molecular formula is C14H13N5OS. The van der Waals surface area contributed by atoms with E-state index >= 15 is 0 Å². The van der Waals surface area contributed by atoms with E-state index in [2.05, 4.69) is 15.4 Å². The molecule has 7 heteroatoms. The van der Waals surface area contributed by atoms with Gasteiger partial charge < -0.3 is 5.32 Å². The molecule has 0 saturated carbocycles. The molecular weight excluding hydrogens is 286 g/mol. The Morgan fingerprint density at radius 1 is 1.43 bits per heavy atom. The van der Waals surface area contributed by atoms with Crippen molar-refractivity contribution in [1.82, 2.24) is 20.1 Å². The first kappa shape index (κ1) is 13.4. The number of aryl methyl sites for hydroxylation is 2. The average molecular weight is 299 g/mol. The van der Waals surface area contributed by atoms with Crippen LogP contribution in [0.15, 0.2) is 36.4 Å². The minimum absolute atomic E-state index is 0.194. The maximum absolute atomic E-state index is 12.5. The fraction of sp³-hybridized carbons (Fsp3) is 0.143. The smallest absolute Gasteiger partial charge is 0.281 e. The molecule has 0 aromatic carbocycles. The summed E-state index contributed by atoms with van der Waals surface area (Å²) in [6.07, 6.45) is 6.87. The molecule has 0 aliphatic carbocycles. The second kappa shape index (κ2) is 5.10. The van der Waals surface area contributed by atoms with Crippen molar-refractivity contribution in [1.29, 1.82) is 0 Å². The second-order valence-electron chi connectivity index (χ2n) is 4.69. The van der Waals surface area contributed by atoms with Crippen molar-refractivity contribution in [2.45, 2.75) is 6.92 Å². The van der Waals surface area contributed by atoms with Crippen molar-refractivity contribution in [3.8, 4) is 0 Å². The van der Waals surface area contributed by atoms with Gasteiger partial charge in [-0.1, -0.05) is 6.07 Å². The Balaban J connectivity index is 1.96. The van der Waals surface area contributed by atoms with E-state index in [4.69, 9.17) is 12.2 Å². The van der Waals surface area contributed by atoms with Crippen molar-refractivity contribution in [3.05, 3.63) is 47.7 Å². The molecule has 3 heterocycles. The van der Waals surface area contributed by atoms with E-state index in [0.29, 0.717) is 16.5 Å². The van der Waals surface area contributed by atoms with Gasteiger partial charge in [0.2, 0.25) is 0 Å². The SMILES string of the molecule is Cc1nn(C)cc1N1C(=O)/C(=C\c2cccnc2)NC1=S. The number of carbonyl (C=O) groups excluding carboxylic acids is 1. The van der Waals surface area contributed by atoms with Crippen molar-refractivity contribution in [3.63, 3.8) is 0 Å². The van der Waals surface area contributed by atoms with Crippen LogP contribution in [0.5, 0.6) is 0 Å². The molecule has 21 heavy (non-hydrogen) atoms. The summed E-state index contributed by atoms with van der Waals surface area (Å²) in [6.45, 7) is 1.84. The first-order chi connectivity index (χ1) is 10.1. The van der Waals surface area contributed by atoms with Crippen LogP contribution in [0.4, 0.5) is 5.69 Å². The summed E-state index contributed by atoms with van der Waals surface area (Å²) in [7, 11) is 1.81. The molecule has 2 aromatic heterocycles. The Morgan fingerprint density at radius 3 is 2.86 bits per heavy atom. The molecule has 6 nitrogen and oxygen atoms in total. The number of thiocarbonyl (C=S) groups is 1. The summed E-state index contributed by atoms with van der Waals surface area (Å²) >= 11 is 5.26. The average Bonchev–Trinajstić information content (AvgIpc) is 2.91. The van der Waals surface area contributed by atoms with Gasteiger partial charge in [-0.05, 0) is 36.8 Å². The number of aromatic nitrogens is 3. The summed E-state index contributed by atoms with van der Waals surface area (Å²) in [5.41, 5.74) is 2.70. The fourth-order valence-electron chi connectivity index (χ4n) is 2.19. The van der Waals surface area contributed by atoms with Crippen LogP contribution in [-0.4, -0.2) is 25.8 Å². The molecule has 0 bridgehead atoms. The van der Waals surface area contributed by atoms with Crippen LogP contribution in [0, 0.1) is 6.92 Å². The highest BCUT2D eigenvalue weighted by Crippen LogP contribution is 2.24. The fourth-order valence-corrected chi connectivity index (χ4v) is 2.48. The topological polar surface area (TPSA) is 63.1 Å². The first-order valence-electron chi connectivity index (χ1n) is 6.33. The maximum Gasteiger partial charge on any atom is 0.281 e. The number of hydrogen-bond donors (Lipinski definition) is 1. The molecule has 1 fully saturated rings. The van der Waals surface area contributed by atoms with Gasteiger partial charge in [0.1, 0.15) is 5.70 Å². The van der Waals surface area contributed by atoms with Crippen LogP contribution in [0.3, 0.4) is 0 Å². The van der Waals surface area contributed by atoms with Gasteiger partial charge in [-0.2, -0.15) is 5.10 Å². The molecule has 2 aromatic rings. The third-order valence-electron chi connectivity index (χ3n) is 3.10. The van der Waals surface area contributed by atoms with E-state index in [1.807, 2.05) is 19.1 Å². The van der Waals surface area contributed by atoms with Crippen molar-refractivity contribution >= 4 is 35.0 Å². The minimum Gasteiger partial charge on any atom is -0.327 e. The van der Waals surface area contributed by atoms with E-state index in [9.17, 15) is 4.79 Å². The lowest BCUT2D eigenvalue weighted by atomic mass is 10.2. The first-order valence-corrected chi connectivity index (χ1v) is 6.74. The molecule has 0 spiro atoms. The third kappa shape index (κ3) is 2.43. The van der Waals surface area contributed by atoms with Crippen LogP contribution in [0.25, 0.3) is 6.08 Å². The molecule has 1 aliphatic heterocycles. The van der Waals surface area contributed by atoms with Crippen LogP contribution in [-0.2, 0) is 11.8 Å². The number of rotatable bonds is 2. The molecule has 1 saturated heterocycles. The Hall–Kier alpha value is -2.54. The van der Waals surface area contributed by atoms with E-state index < -0.39 is 0 Å². The summed E-state index contributed by atoms with van der Waals surface area (Å²) in [6, 6.07) is 3.68. The Morgan fingerprint density at radius 2 is 2.24 bits per heavy atom. The number of hydrogen-bond acceptors (Lipinski definition) is 4. The lowest BCUT2D eigenvalue weighted by molar-refractivity contribution is -0.113. The second-order valence-corrected chi connectivity index (χ2v) is 5.08. The van der Waals surface area contributed by atoms with Crippen LogP contribution in [0.1, 0.15) is 11.3 Å². The monoisotopic (exact) mass is 299 g/mol. The lowest BCUT2D eigenvalue weighted by Crippen LogP contribution is -2.30. The van der Waals surface area contributed by atoms with Gasteiger partial charge >= 0.3 is 0 Å². The standard InChI is InChI=1S/C14H13N5OS/c1-9-12(8-18(2)17-9)19-13(20)11(16-14(19)21)6-10-4-3-5-15-7-10/h3-8H,1-2H3,(H,16,21)/b11-6+. The Bertz CT molecular complexity index is 750. The van der Waals surface area contributed by atoms with E-state index in [-0.39, 0.29) is 5.91 Å². The normalized spacial score (nSPS) is 16.7. The predicted molar refractivity (Wildman–Crippen MR) is 83.4 cm³/mol. The zero-order valence-electron chi connectivity index (χ0n) is 11.6. The Labute approximate surface area is 127 Å². The molecule has 1 N–H and O–H groups in total. The third-order valence-corrected chi connectivity index (χ3v) is 3.39. The van der Waals surface area contributed by atoms with E-state index in [1.54, 1.807) is 36.4 Å². The summed E-state index contributed by atoms with van der Waals surface area (Å²) < 4.78 is 1.66. The molecule has 0 atom stereocenters. The van der Waals surface area contributed by atoms with Gasteiger partial charge in [-0.15, -0.1) is 0 Å². The van der Waals surface area contributed by atoms with Crippen molar-refractivity contribution in [2.24, 2.45) is 7.05 Å². The van der Waals surface area contributed by atoms with Gasteiger partial charge in [0.15, 0.2) is 5.11 Å². The van der Waals surface area contributed by atoms with Gasteiger partial charge in [0.25, 0.3) is 5.91 Å². The molecule has 0 unspecified atom stereocenters. The van der Waals surface area contributed by atoms with Crippen molar-refractivity contribution in [2.75, 3.05) is 4.90 Å². The van der Waals surface area contributed by atoms with Crippen LogP contribution in [0.2, 0.25) is 0 Å². The number of pyridine rings is 1. The molecule has 1 aliphatic rings. The number of nitrogens with zero attached hydrogens (tertiary/aromatic N) is 4. The highest BCUT2D eigenvalue weighted by atomic mass is 32.1. The minimum atomic E-state index is -0.194. The zero-order valence-corrected chi connectivity index (χ0v) is 12.4. The highest BCUT2D eigenvalue weighted by Gasteiger charge is 2.33. The van der Waals surface area contributed by atoms with E-state index in [1.165, 1.54) is 4.90 Å². The number of anilines is 1. The molecule has 106 valence electrons. The van der Waals surface area contributed by atoms with Crippen molar-refractivity contribution < 1.29 is 4.79 Å². The van der Waals surface area contributed by atoms with Gasteiger partial charge in [0.05, 0.1) is 11.4 Å². The van der Waals surface area contributed by atoms with Gasteiger partial charge in [-0.3, -0.25) is 14.5 Å². The van der Waals surface area contributed by atoms with Gasteiger partial charge in [0, 0.05) is 25.6 Å². The van der Waals surface area contributed by atoms with E-state index in [0.717, 1.165) is 11.3 Å². The highest BCUT2D eigenvalue weighted by molar-refractivity contribution is 7.80. The number of amides is 1. The Kier molecular flexibility index (Phi) is 3.26.